The smallest absolute Gasteiger partial charge is 0.410 e. The Balaban J connectivity index is 1.25. The minimum atomic E-state index is -0.520. The number of hydrogen-bond acceptors (Lipinski definition) is 9. The van der Waals surface area contributed by atoms with Crippen LogP contribution in [0.4, 0.5) is 10.6 Å². The Kier molecular flexibility index (Phi) is 7.50. The number of fused-ring (bicyclic) bond motifs is 3. The molecule has 1 saturated carbocycles. The molecule has 3 aliphatic heterocycles. The Hall–Kier alpha value is -2.37. The predicted octanol–water partition coefficient (Wildman–Crippen LogP) is 4.48. The molecule has 10 nitrogen and oxygen atoms in total. The number of carbonyl (C=O) groups excluding carboxylic acids is 1. The molecule has 4 heterocycles. The van der Waals surface area contributed by atoms with Crippen LogP contribution in [0.5, 0.6) is 11.8 Å². The molecule has 1 amide bonds. The first-order chi connectivity index (χ1) is 19.1. The van der Waals surface area contributed by atoms with Crippen LogP contribution in [0, 0.1) is 5.41 Å². The maximum absolute atomic E-state index is 13.0. The lowest BCUT2D eigenvalue weighted by Crippen LogP contribution is -2.57. The summed E-state index contributed by atoms with van der Waals surface area (Å²) in [4.78, 5) is 29.6. The number of hydrogen-bond donors (Lipinski definition) is 0. The Bertz CT molecular complexity index is 1250. The molecule has 2 aromatic rings. The van der Waals surface area contributed by atoms with Crippen LogP contribution in [0.2, 0.25) is 0 Å². The van der Waals surface area contributed by atoms with Crippen LogP contribution in [-0.2, 0) is 9.47 Å². The summed E-state index contributed by atoms with van der Waals surface area (Å²) in [6, 6.07) is 4.50. The van der Waals surface area contributed by atoms with Gasteiger partial charge in [0.15, 0.2) is 0 Å². The van der Waals surface area contributed by atoms with Crippen molar-refractivity contribution >= 4 is 38.7 Å². The zero-order valence-corrected chi connectivity index (χ0v) is 25.5. The van der Waals surface area contributed by atoms with Crippen molar-refractivity contribution in [2.75, 3.05) is 64.6 Å². The number of carbonyl (C=O) groups is 1. The van der Waals surface area contributed by atoms with E-state index >= 15 is 0 Å². The Labute approximate surface area is 244 Å². The van der Waals surface area contributed by atoms with Gasteiger partial charge in [0.2, 0.25) is 0 Å². The quantitative estimate of drug-likeness (QED) is 0.446. The normalized spacial score (nSPS) is 24.3. The molecular weight excluding hydrogens is 578 g/mol. The topological polar surface area (TPSA) is 89.5 Å². The van der Waals surface area contributed by atoms with Crippen LogP contribution in [0.3, 0.4) is 0 Å². The second-order valence-corrected chi connectivity index (χ2v) is 13.5. The van der Waals surface area contributed by atoms with Gasteiger partial charge in [-0.15, -0.1) is 0 Å². The number of rotatable bonds is 7. The van der Waals surface area contributed by atoms with E-state index in [2.05, 4.69) is 25.7 Å². The van der Waals surface area contributed by atoms with Gasteiger partial charge in [-0.3, -0.25) is 9.80 Å². The monoisotopic (exact) mass is 617 g/mol. The van der Waals surface area contributed by atoms with Crippen LogP contribution < -0.4 is 14.4 Å². The molecule has 4 fully saturated rings. The Morgan fingerprint density at radius 2 is 1.82 bits per heavy atom. The first-order valence-electron chi connectivity index (χ1n) is 14.4. The highest BCUT2D eigenvalue weighted by Crippen LogP contribution is 2.47. The zero-order valence-electron chi connectivity index (χ0n) is 23.9. The van der Waals surface area contributed by atoms with Gasteiger partial charge in [0.1, 0.15) is 17.2 Å². The average Bonchev–Trinajstić information content (AvgIpc) is 3.62. The maximum Gasteiger partial charge on any atom is 0.410 e. The number of anilines is 1. The van der Waals surface area contributed by atoms with Gasteiger partial charge in [-0.25, -0.2) is 4.79 Å². The second-order valence-electron chi connectivity index (χ2n) is 12.7. The number of amides is 1. The van der Waals surface area contributed by atoms with Crippen LogP contribution >= 0.6 is 15.9 Å². The first kappa shape index (κ1) is 27.8. The number of halogens is 1. The van der Waals surface area contributed by atoms with Crippen LogP contribution in [0.25, 0.3) is 10.9 Å². The molecule has 2 bridgehead atoms. The van der Waals surface area contributed by atoms with Gasteiger partial charge in [0, 0.05) is 43.5 Å². The number of aromatic nitrogens is 2. The molecule has 11 heteroatoms. The van der Waals surface area contributed by atoms with Gasteiger partial charge in [-0.05, 0) is 74.5 Å². The fourth-order valence-corrected chi connectivity index (χ4v) is 6.71. The molecule has 4 aliphatic rings. The predicted molar refractivity (Wildman–Crippen MR) is 155 cm³/mol. The molecule has 2 atom stereocenters. The summed E-state index contributed by atoms with van der Waals surface area (Å²) in [6.07, 6.45) is 3.99. The number of morpholine rings is 1. The van der Waals surface area contributed by atoms with E-state index in [1.54, 1.807) is 7.11 Å². The summed E-state index contributed by atoms with van der Waals surface area (Å²) in [5, 5.41) is 0.909. The lowest BCUT2D eigenvalue weighted by Gasteiger charge is -2.42. The van der Waals surface area contributed by atoms with Gasteiger partial charge in [0.25, 0.3) is 0 Å². The van der Waals surface area contributed by atoms with Crippen molar-refractivity contribution in [1.29, 1.82) is 0 Å². The highest BCUT2D eigenvalue weighted by atomic mass is 79.9. The first-order valence-corrected chi connectivity index (χ1v) is 15.2. The third-order valence-corrected chi connectivity index (χ3v) is 9.06. The number of nitrogens with zero attached hydrogens (tertiary/aromatic N) is 5. The van der Waals surface area contributed by atoms with Crippen molar-refractivity contribution in [3.8, 4) is 11.8 Å². The van der Waals surface area contributed by atoms with Crippen molar-refractivity contribution < 1.29 is 23.7 Å². The highest BCUT2D eigenvalue weighted by Gasteiger charge is 2.46. The van der Waals surface area contributed by atoms with E-state index in [9.17, 15) is 4.79 Å². The van der Waals surface area contributed by atoms with Gasteiger partial charge in [0.05, 0.1) is 49.0 Å². The third kappa shape index (κ3) is 5.83. The number of piperazine rings is 1. The van der Waals surface area contributed by atoms with E-state index in [1.807, 2.05) is 37.8 Å². The van der Waals surface area contributed by atoms with Crippen molar-refractivity contribution in [2.45, 2.75) is 64.1 Å². The minimum Gasteiger partial charge on any atom is -0.496 e. The minimum absolute atomic E-state index is 0.0728. The van der Waals surface area contributed by atoms with Crippen molar-refractivity contribution in [1.82, 2.24) is 19.8 Å². The van der Waals surface area contributed by atoms with Gasteiger partial charge >= 0.3 is 12.1 Å². The summed E-state index contributed by atoms with van der Waals surface area (Å²) in [6.45, 7) is 12.3. The largest absolute Gasteiger partial charge is 0.496 e. The molecule has 0 N–H and O–H groups in total. The van der Waals surface area contributed by atoms with Crippen LogP contribution in [-0.4, -0.2) is 103 Å². The SMILES string of the molecule is COc1cc2c(N3CC4CCC(C3)N4C(=O)OC(C)(C)C)nc(OCC3(CN4CCOCC4)CC3)nc2cc1Br. The Morgan fingerprint density at radius 1 is 1.12 bits per heavy atom. The van der Waals surface area contributed by atoms with Crippen LogP contribution in [0.15, 0.2) is 16.6 Å². The maximum atomic E-state index is 13.0. The lowest BCUT2D eigenvalue weighted by molar-refractivity contribution is 0.0123. The van der Waals surface area contributed by atoms with E-state index in [0.717, 1.165) is 85.5 Å². The summed E-state index contributed by atoms with van der Waals surface area (Å²) in [5.41, 5.74) is 0.439. The zero-order chi connectivity index (χ0) is 28.1. The van der Waals surface area contributed by atoms with E-state index in [1.165, 1.54) is 0 Å². The van der Waals surface area contributed by atoms with Gasteiger partial charge in [-0.1, -0.05) is 0 Å². The lowest BCUT2D eigenvalue weighted by atomic mass is 10.1. The third-order valence-electron chi connectivity index (χ3n) is 8.44. The van der Waals surface area contributed by atoms with Crippen molar-refractivity contribution in [2.24, 2.45) is 5.41 Å². The standard InChI is InChI=1S/C29H40BrN5O5/c1-28(2,3)40-27(36)35-19-5-6-20(35)16-34(15-19)25-21-13-24(37-4)22(30)14-23(21)31-26(32-25)39-18-29(7-8-29)17-33-9-11-38-12-10-33/h13-14,19-20H,5-12,15-18H2,1-4H3. The van der Waals surface area contributed by atoms with E-state index in [-0.39, 0.29) is 23.6 Å². The molecule has 0 spiro atoms. The number of benzene rings is 1. The molecule has 40 heavy (non-hydrogen) atoms. The number of ether oxygens (including phenoxy) is 4. The van der Waals surface area contributed by atoms with E-state index in [4.69, 9.17) is 28.9 Å². The molecule has 1 aromatic heterocycles. The molecule has 3 saturated heterocycles. The van der Waals surface area contributed by atoms with E-state index in [0.29, 0.717) is 25.7 Å². The fourth-order valence-electron chi connectivity index (χ4n) is 6.22. The summed E-state index contributed by atoms with van der Waals surface area (Å²) in [7, 11) is 1.66. The van der Waals surface area contributed by atoms with Crippen molar-refractivity contribution in [3.05, 3.63) is 16.6 Å². The molecule has 0 radical (unpaired) electrons. The van der Waals surface area contributed by atoms with Gasteiger partial charge in [-0.2, -0.15) is 9.97 Å². The van der Waals surface area contributed by atoms with E-state index < -0.39 is 5.60 Å². The highest BCUT2D eigenvalue weighted by molar-refractivity contribution is 9.10. The summed E-state index contributed by atoms with van der Waals surface area (Å²) < 4.78 is 24.1. The second kappa shape index (κ2) is 10.8. The average molecular weight is 619 g/mol. The summed E-state index contributed by atoms with van der Waals surface area (Å²) in [5.74, 6) is 1.55. The molecule has 2 unspecified atom stereocenters. The van der Waals surface area contributed by atoms with Crippen LogP contribution in [0.1, 0.15) is 46.5 Å². The number of methoxy groups -OCH3 is 1. The molecular formula is C29H40BrN5O5. The fraction of sp³-hybridized carbons (Fsp3) is 0.690. The van der Waals surface area contributed by atoms with Crippen molar-refractivity contribution in [3.63, 3.8) is 0 Å². The Morgan fingerprint density at radius 3 is 2.45 bits per heavy atom. The van der Waals surface area contributed by atoms with Gasteiger partial charge < -0.3 is 23.8 Å². The summed E-state index contributed by atoms with van der Waals surface area (Å²) >= 11 is 3.62. The molecule has 1 aromatic carbocycles. The molecule has 218 valence electrons. The molecule has 6 rings (SSSR count). The molecule has 1 aliphatic carbocycles.